The van der Waals surface area contributed by atoms with Gasteiger partial charge in [0, 0.05) is 17.9 Å². The van der Waals surface area contributed by atoms with Gasteiger partial charge in [-0.05, 0) is 31.5 Å². The van der Waals surface area contributed by atoms with Gasteiger partial charge in [-0.1, -0.05) is 6.07 Å². The molecule has 1 aliphatic heterocycles. The van der Waals surface area contributed by atoms with Crippen LogP contribution in [0.25, 0.3) is 0 Å². The van der Waals surface area contributed by atoms with Crippen LogP contribution >= 0.6 is 0 Å². The summed E-state index contributed by atoms with van der Waals surface area (Å²) in [5.74, 6) is -2.11. The summed E-state index contributed by atoms with van der Waals surface area (Å²) < 4.78 is 20.8. The Morgan fingerprint density at radius 2 is 1.63 bits per heavy atom. The van der Waals surface area contributed by atoms with Crippen molar-refractivity contribution in [1.82, 2.24) is 10.6 Å². The van der Waals surface area contributed by atoms with E-state index in [1.54, 1.807) is 26.0 Å². The molecule has 0 spiro atoms. The molecule has 35 heavy (non-hydrogen) atoms. The molecule has 0 saturated carbocycles. The molecule has 2 N–H and O–H groups in total. The lowest BCUT2D eigenvalue weighted by molar-refractivity contribution is -0.757. The summed E-state index contributed by atoms with van der Waals surface area (Å²) in [4.78, 5) is 51.4. The smallest absolute Gasteiger partial charge is 0.336 e. The zero-order chi connectivity index (χ0) is 26.1. The second kappa shape index (κ2) is 12.3. The molecule has 0 radical (unpaired) electrons. The predicted octanol–water partition coefficient (Wildman–Crippen LogP) is 0.979. The number of rotatable bonds is 11. The van der Waals surface area contributed by atoms with E-state index in [2.05, 4.69) is 15.5 Å². The molecular formula is C22H27N3O10. The van der Waals surface area contributed by atoms with Crippen molar-refractivity contribution in [1.29, 1.82) is 0 Å². The van der Waals surface area contributed by atoms with Gasteiger partial charge in [-0.3, -0.25) is 4.79 Å². The van der Waals surface area contributed by atoms with Gasteiger partial charge in [-0.2, -0.15) is 0 Å². The van der Waals surface area contributed by atoms with E-state index in [-0.39, 0.29) is 42.4 Å². The summed E-state index contributed by atoms with van der Waals surface area (Å²) >= 11 is 0. The van der Waals surface area contributed by atoms with Crippen LogP contribution in [0.5, 0.6) is 11.5 Å². The number of esters is 2. The lowest BCUT2D eigenvalue weighted by atomic mass is 9.80. The molecule has 13 nitrogen and oxygen atoms in total. The average Bonchev–Trinajstić information content (AvgIpc) is 2.83. The maximum Gasteiger partial charge on any atom is 0.336 e. The van der Waals surface area contributed by atoms with Gasteiger partial charge in [-0.15, -0.1) is 10.1 Å². The van der Waals surface area contributed by atoms with Crippen molar-refractivity contribution in [2.24, 2.45) is 0 Å². The molecule has 1 aromatic rings. The third kappa shape index (κ3) is 6.62. The Morgan fingerprint density at radius 3 is 2.14 bits per heavy atom. The zero-order valence-corrected chi connectivity index (χ0v) is 20.0. The molecule has 1 amide bonds. The number of hydrogen-bond donors (Lipinski definition) is 2. The molecule has 1 heterocycles. The van der Waals surface area contributed by atoms with Gasteiger partial charge in [0.15, 0.2) is 18.1 Å². The highest BCUT2D eigenvalue weighted by molar-refractivity contribution is 5.99. The summed E-state index contributed by atoms with van der Waals surface area (Å²) in [6.07, 6.45) is 0. The lowest BCUT2D eigenvalue weighted by Crippen LogP contribution is -2.32. The number of carbonyl (C=O) groups is 3. The van der Waals surface area contributed by atoms with E-state index in [1.807, 2.05) is 0 Å². The largest absolute Gasteiger partial charge is 0.493 e. The van der Waals surface area contributed by atoms with Gasteiger partial charge in [0.25, 0.3) is 11.0 Å². The maximum absolute atomic E-state index is 12.6. The summed E-state index contributed by atoms with van der Waals surface area (Å²) in [7, 11) is 3.89. The number of amides is 1. The van der Waals surface area contributed by atoms with Crippen LogP contribution in [0.15, 0.2) is 40.7 Å². The van der Waals surface area contributed by atoms with E-state index < -0.39 is 28.9 Å². The number of hydrogen-bond acceptors (Lipinski definition) is 11. The SMILES string of the molecule is COC(=O)C1=C(C)NC(C)=C(C(=O)OC)C1c1ccc(OCC(=O)NCCO[N+](=O)[O-])c(OC)c1. The quantitative estimate of drug-likeness (QED) is 0.195. The molecule has 0 atom stereocenters. The molecule has 13 heteroatoms. The third-order valence-electron chi connectivity index (χ3n) is 5.07. The Labute approximate surface area is 201 Å². The number of nitrogens with one attached hydrogen (secondary N) is 2. The molecule has 0 bridgehead atoms. The molecule has 0 fully saturated rings. The van der Waals surface area contributed by atoms with Crippen LogP contribution in [0.4, 0.5) is 0 Å². The van der Waals surface area contributed by atoms with Gasteiger partial charge in [0.1, 0.15) is 6.61 Å². The molecular weight excluding hydrogens is 466 g/mol. The summed E-state index contributed by atoms with van der Waals surface area (Å²) in [6, 6.07) is 4.75. The minimum absolute atomic E-state index is 0.0705. The Kier molecular flexibility index (Phi) is 9.44. The van der Waals surface area contributed by atoms with Crippen LogP contribution in [0, 0.1) is 10.1 Å². The number of nitrogens with zero attached hydrogens (tertiary/aromatic N) is 1. The first kappa shape index (κ1) is 27.0. The van der Waals surface area contributed by atoms with Gasteiger partial charge in [0.05, 0.1) is 38.4 Å². The van der Waals surface area contributed by atoms with Crippen LogP contribution in [0.1, 0.15) is 25.3 Å². The van der Waals surface area contributed by atoms with Crippen molar-refractivity contribution in [3.05, 3.63) is 56.4 Å². The molecule has 1 aromatic carbocycles. The van der Waals surface area contributed by atoms with Crippen LogP contribution in [-0.2, 0) is 28.7 Å². The first-order valence-corrected chi connectivity index (χ1v) is 10.3. The fraction of sp³-hybridized carbons (Fsp3) is 0.409. The van der Waals surface area contributed by atoms with E-state index in [4.69, 9.17) is 18.9 Å². The van der Waals surface area contributed by atoms with Gasteiger partial charge >= 0.3 is 11.9 Å². The minimum Gasteiger partial charge on any atom is -0.493 e. The number of allylic oxidation sites excluding steroid dienone is 2. The Hall–Kier alpha value is -4.29. The van der Waals surface area contributed by atoms with Crippen LogP contribution in [0.2, 0.25) is 0 Å². The molecule has 190 valence electrons. The molecule has 0 saturated heterocycles. The average molecular weight is 493 g/mol. The first-order chi connectivity index (χ1) is 16.6. The van der Waals surface area contributed by atoms with Crippen molar-refractivity contribution in [3.8, 4) is 11.5 Å². The van der Waals surface area contributed by atoms with Crippen LogP contribution in [-0.4, -0.2) is 64.0 Å². The number of methoxy groups -OCH3 is 3. The van der Waals surface area contributed by atoms with Crippen molar-refractivity contribution < 1.29 is 43.3 Å². The highest BCUT2D eigenvalue weighted by Gasteiger charge is 2.38. The summed E-state index contributed by atoms with van der Waals surface area (Å²) in [6.45, 7) is 2.64. The van der Waals surface area contributed by atoms with E-state index in [0.717, 1.165) is 0 Å². The van der Waals surface area contributed by atoms with Gasteiger partial charge in [0.2, 0.25) is 0 Å². The molecule has 0 aliphatic carbocycles. The monoisotopic (exact) mass is 493 g/mol. The van der Waals surface area contributed by atoms with E-state index in [1.165, 1.54) is 27.4 Å². The Bertz CT molecular complexity index is 1030. The number of carbonyl (C=O) groups excluding carboxylic acids is 3. The van der Waals surface area contributed by atoms with Crippen LogP contribution in [0.3, 0.4) is 0 Å². The highest BCUT2D eigenvalue weighted by atomic mass is 16.9. The fourth-order valence-electron chi connectivity index (χ4n) is 3.58. The van der Waals surface area contributed by atoms with E-state index >= 15 is 0 Å². The Morgan fingerprint density at radius 1 is 1.03 bits per heavy atom. The van der Waals surface area contributed by atoms with Crippen LogP contribution < -0.4 is 20.1 Å². The van der Waals surface area contributed by atoms with E-state index in [9.17, 15) is 24.5 Å². The second-order valence-electron chi connectivity index (χ2n) is 7.22. The minimum atomic E-state index is -0.956. The normalized spacial score (nSPS) is 13.5. The topological polar surface area (TPSA) is 165 Å². The predicted molar refractivity (Wildman–Crippen MR) is 120 cm³/mol. The Balaban J connectivity index is 2.32. The lowest BCUT2D eigenvalue weighted by Gasteiger charge is -2.30. The number of dihydropyridines is 1. The maximum atomic E-state index is 12.6. The number of ether oxygens (including phenoxy) is 4. The molecule has 0 aromatic heterocycles. The molecule has 0 unspecified atom stereocenters. The first-order valence-electron chi connectivity index (χ1n) is 10.3. The van der Waals surface area contributed by atoms with E-state index in [0.29, 0.717) is 17.0 Å². The van der Waals surface area contributed by atoms with Crippen molar-refractivity contribution in [2.45, 2.75) is 19.8 Å². The number of benzene rings is 1. The standard InChI is InChI=1S/C22H27N3O10/c1-12-18(21(27)32-4)20(19(13(2)24-12)22(28)33-5)14-6-7-15(16(10-14)31-3)34-11-17(26)23-8-9-35-25(29)30/h6-7,10,20,24H,8-9,11H2,1-5H3,(H,23,26). The van der Waals surface area contributed by atoms with Crippen molar-refractivity contribution >= 4 is 17.8 Å². The highest BCUT2D eigenvalue weighted by Crippen LogP contribution is 2.41. The summed E-state index contributed by atoms with van der Waals surface area (Å²) in [5, 5.41) is 14.6. The molecule has 2 rings (SSSR count). The van der Waals surface area contributed by atoms with Gasteiger partial charge in [-0.25, -0.2) is 9.59 Å². The molecule has 1 aliphatic rings. The van der Waals surface area contributed by atoms with Crippen molar-refractivity contribution in [2.75, 3.05) is 41.1 Å². The fourth-order valence-corrected chi connectivity index (χ4v) is 3.58. The van der Waals surface area contributed by atoms with Crippen molar-refractivity contribution in [3.63, 3.8) is 0 Å². The van der Waals surface area contributed by atoms with Gasteiger partial charge < -0.3 is 34.4 Å². The second-order valence-corrected chi connectivity index (χ2v) is 7.22. The summed E-state index contributed by atoms with van der Waals surface area (Å²) in [5.41, 5.74) is 2.01. The zero-order valence-electron chi connectivity index (χ0n) is 20.0. The third-order valence-corrected chi connectivity index (χ3v) is 5.07.